The highest BCUT2D eigenvalue weighted by molar-refractivity contribution is 7.80. The zero-order valence-electron chi connectivity index (χ0n) is 14.3. The molecule has 1 aliphatic heterocycles. The van der Waals surface area contributed by atoms with E-state index in [1.807, 2.05) is 0 Å². The molecule has 2 aromatic carbocycles. The van der Waals surface area contributed by atoms with Gasteiger partial charge < -0.3 is 19.9 Å². The van der Waals surface area contributed by atoms with Crippen molar-refractivity contribution in [1.29, 1.82) is 0 Å². The summed E-state index contributed by atoms with van der Waals surface area (Å²) in [6.45, 7) is -0.411. The number of rotatable bonds is 6. The van der Waals surface area contributed by atoms with Crippen LogP contribution in [0.2, 0.25) is 0 Å². The van der Waals surface area contributed by atoms with E-state index in [0.717, 1.165) is 5.56 Å². The molecule has 7 nitrogen and oxygen atoms in total. The van der Waals surface area contributed by atoms with Gasteiger partial charge in [0, 0.05) is 0 Å². The van der Waals surface area contributed by atoms with Crippen molar-refractivity contribution in [3.63, 3.8) is 0 Å². The third-order valence-electron chi connectivity index (χ3n) is 3.76. The molecule has 0 radical (unpaired) electrons. The van der Waals surface area contributed by atoms with E-state index in [4.69, 9.17) is 26.8 Å². The first kappa shape index (κ1) is 18.4. The number of carboxylic acids is 1. The SMILES string of the molecule is COc1ccc(N2C(=O)/C(=C/c3ccc(OCC(=O)O)cc3)NC2=S)cc1. The first-order valence-corrected chi connectivity index (χ1v) is 8.34. The molecular weight excluding hydrogens is 368 g/mol. The molecule has 1 fully saturated rings. The molecule has 0 saturated carbocycles. The summed E-state index contributed by atoms with van der Waals surface area (Å²) in [5, 5.41) is 11.8. The lowest BCUT2D eigenvalue weighted by Crippen LogP contribution is -2.30. The quantitative estimate of drug-likeness (QED) is 0.584. The highest BCUT2D eigenvalue weighted by Gasteiger charge is 2.31. The number of hydrogen-bond acceptors (Lipinski definition) is 5. The molecule has 2 N–H and O–H groups in total. The van der Waals surface area contributed by atoms with Crippen LogP contribution in [-0.4, -0.2) is 35.8 Å². The van der Waals surface area contributed by atoms with Gasteiger partial charge in [-0.2, -0.15) is 0 Å². The average molecular weight is 384 g/mol. The van der Waals surface area contributed by atoms with Crippen molar-refractivity contribution in [3.05, 3.63) is 59.8 Å². The van der Waals surface area contributed by atoms with Crippen LogP contribution in [0, 0.1) is 0 Å². The number of methoxy groups -OCH3 is 1. The number of carbonyl (C=O) groups excluding carboxylic acids is 1. The van der Waals surface area contributed by atoms with E-state index in [-0.39, 0.29) is 11.0 Å². The second-order valence-electron chi connectivity index (χ2n) is 5.58. The first-order chi connectivity index (χ1) is 13.0. The van der Waals surface area contributed by atoms with Crippen molar-refractivity contribution >= 4 is 41.0 Å². The molecule has 1 aliphatic rings. The lowest BCUT2D eigenvalue weighted by atomic mass is 10.2. The van der Waals surface area contributed by atoms with Gasteiger partial charge in [0.1, 0.15) is 17.2 Å². The molecule has 0 atom stereocenters. The van der Waals surface area contributed by atoms with Crippen LogP contribution >= 0.6 is 12.2 Å². The zero-order chi connectivity index (χ0) is 19.4. The van der Waals surface area contributed by atoms with Gasteiger partial charge in [0.05, 0.1) is 12.8 Å². The number of nitrogens with zero attached hydrogens (tertiary/aromatic N) is 1. The summed E-state index contributed by atoms with van der Waals surface area (Å²) in [4.78, 5) is 24.6. The highest BCUT2D eigenvalue weighted by atomic mass is 32.1. The molecular formula is C19H16N2O5S. The Morgan fingerprint density at radius 3 is 2.37 bits per heavy atom. The number of anilines is 1. The van der Waals surface area contributed by atoms with Gasteiger partial charge in [-0.15, -0.1) is 0 Å². The second kappa shape index (κ2) is 7.88. The summed E-state index contributed by atoms with van der Waals surface area (Å²) in [5.41, 5.74) is 1.72. The van der Waals surface area contributed by atoms with Crippen molar-refractivity contribution in [1.82, 2.24) is 5.32 Å². The normalized spacial score (nSPS) is 15.0. The Balaban J connectivity index is 1.76. The summed E-state index contributed by atoms with van der Waals surface area (Å²) in [6, 6.07) is 13.7. The van der Waals surface area contributed by atoms with Crippen LogP contribution in [0.1, 0.15) is 5.56 Å². The molecule has 1 heterocycles. The second-order valence-corrected chi connectivity index (χ2v) is 5.96. The number of thiocarbonyl (C=S) groups is 1. The summed E-state index contributed by atoms with van der Waals surface area (Å²) >= 11 is 5.28. The van der Waals surface area contributed by atoms with Crippen molar-refractivity contribution in [2.45, 2.75) is 0 Å². The van der Waals surface area contributed by atoms with Gasteiger partial charge in [0.2, 0.25) is 0 Å². The van der Waals surface area contributed by atoms with Gasteiger partial charge in [-0.25, -0.2) is 4.79 Å². The van der Waals surface area contributed by atoms with Crippen molar-refractivity contribution in [3.8, 4) is 11.5 Å². The molecule has 138 valence electrons. The molecule has 1 amide bonds. The third-order valence-corrected chi connectivity index (χ3v) is 4.05. The molecule has 2 aromatic rings. The standard InChI is InChI=1S/C19H16N2O5S/c1-25-14-8-4-13(5-9-14)21-18(24)16(20-19(21)27)10-12-2-6-15(7-3-12)26-11-17(22)23/h2-10H,11H2,1H3,(H,20,27)(H,22,23)/b16-10-. The molecule has 0 bridgehead atoms. The minimum Gasteiger partial charge on any atom is -0.497 e. The number of benzene rings is 2. The lowest BCUT2D eigenvalue weighted by Gasteiger charge is -2.14. The van der Waals surface area contributed by atoms with Crippen LogP contribution in [-0.2, 0) is 9.59 Å². The van der Waals surface area contributed by atoms with E-state index in [1.54, 1.807) is 61.7 Å². The predicted octanol–water partition coefficient (Wildman–Crippen LogP) is 2.42. The number of aliphatic carboxylic acids is 1. The number of nitrogens with one attached hydrogen (secondary N) is 1. The van der Waals surface area contributed by atoms with Crippen LogP contribution in [0.15, 0.2) is 54.2 Å². The fraction of sp³-hybridized carbons (Fsp3) is 0.105. The van der Waals surface area contributed by atoms with Crippen molar-refractivity contribution < 1.29 is 24.2 Å². The fourth-order valence-electron chi connectivity index (χ4n) is 2.47. The van der Waals surface area contributed by atoms with E-state index in [0.29, 0.717) is 22.9 Å². The minimum absolute atomic E-state index is 0.267. The summed E-state index contributed by atoms with van der Waals surface area (Å²) in [7, 11) is 1.57. The topological polar surface area (TPSA) is 88.1 Å². The summed E-state index contributed by atoms with van der Waals surface area (Å²) in [6.07, 6.45) is 1.67. The van der Waals surface area contributed by atoms with Crippen LogP contribution in [0.4, 0.5) is 5.69 Å². The number of amides is 1. The van der Waals surface area contributed by atoms with E-state index in [1.165, 1.54) is 4.90 Å². The van der Waals surface area contributed by atoms with Crippen LogP contribution in [0.5, 0.6) is 11.5 Å². The van der Waals surface area contributed by atoms with Gasteiger partial charge >= 0.3 is 5.97 Å². The number of ether oxygens (including phenoxy) is 2. The zero-order valence-corrected chi connectivity index (χ0v) is 15.2. The molecule has 0 spiro atoms. The van der Waals surface area contributed by atoms with Crippen molar-refractivity contribution in [2.75, 3.05) is 18.6 Å². The highest BCUT2D eigenvalue weighted by Crippen LogP contribution is 2.25. The van der Waals surface area contributed by atoms with Gasteiger partial charge in [-0.1, -0.05) is 12.1 Å². The molecule has 0 aliphatic carbocycles. The van der Waals surface area contributed by atoms with E-state index < -0.39 is 12.6 Å². The first-order valence-electron chi connectivity index (χ1n) is 7.94. The number of carbonyl (C=O) groups is 2. The van der Waals surface area contributed by atoms with E-state index >= 15 is 0 Å². The van der Waals surface area contributed by atoms with Gasteiger partial charge in [0.15, 0.2) is 11.7 Å². The average Bonchev–Trinajstić information content (AvgIpc) is 2.94. The monoisotopic (exact) mass is 384 g/mol. The third kappa shape index (κ3) is 4.24. The molecule has 0 aromatic heterocycles. The van der Waals surface area contributed by atoms with Gasteiger partial charge in [-0.05, 0) is 60.3 Å². The Bertz CT molecular complexity index is 907. The fourth-order valence-corrected chi connectivity index (χ4v) is 2.77. The van der Waals surface area contributed by atoms with Crippen LogP contribution in [0.25, 0.3) is 6.08 Å². The Kier molecular flexibility index (Phi) is 5.37. The Morgan fingerprint density at radius 2 is 1.78 bits per heavy atom. The van der Waals surface area contributed by atoms with E-state index in [9.17, 15) is 9.59 Å². The predicted molar refractivity (Wildman–Crippen MR) is 104 cm³/mol. The Labute approximate surface area is 160 Å². The molecule has 3 rings (SSSR count). The maximum Gasteiger partial charge on any atom is 0.341 e. The molecule has 8 heteroatoms. The summed E-state index contributed by atoms with van der Waals surface area (Å²) < 4.78 is 10.2. The van der Waals surface area contributed by atoms with Crippen molar-refractivity contribution in [2.24, 2.45) is 0 Å². The molecule has 1 saturated heterocycles. The maximum atomic E-state index is 12.7. The number of hydrogen-bond donors (Lipinski definition) is 2. The maximum absolute atomic E-state index is 12.7. The minimum atomic E-state index is -1.05. The Hall–Kier alpha value is -3.39. The summed E-state index contributed by atoms with van der Waals surface area (Å²) in [5.74, 6) is -0.198. The molecule has 0 unspecified atom stereocenters. The van der Waals surface area contributed by atoms with E-state index in [2.05, 4.69) is 5.32 Å². The Morgan fingerprint density at radius 1 is 1.15 bits per heavy atom. The van der Waals surface area contributed by atoms with Crippen LogP contribution in [0.3, 0.4) is 0 Å². The lowest BCUT2D eigenvalue weighted by molar-refractivity contribution is -0.139. The van der Waals surface area contributed by atoms with Gasteiger partial charge in [0.25, 0.3) is 5.91 Å². The smallest absolute Gasteiger partial charge is 0.341 e. The van der Waals surface area contributed by atoms with Gasteiger partial charge in [-0.3, -0.25) is 9.69 Å². The number of carboxylic acid groups (broad SMARTS) is 1. The molecule has 27 heavy (non-hydrogen) atoms. The van der Waals surface area contributed by atoms with Crippen LogP contribution < -0.4 is 19.7 Å². The largest absolute Gasteiger partial charge is 0.497 e.